The van der Waals surface area contributed by atoms with Crippen LogP contribution in [0.1, 0.15) is 23.1 Å². The fourth-order valence-electron chi connectivity index (χ4n) is 2.08. The Morgan fingerprint density at radius 1 is 1.43 bits per heavy atom. The largest absolute Gasteiger partial charge is 0.296 e. The molecule has 0 bridgehead atoms. The second-order valence-corrected chi connectivity index (χ2v) is 6.52. The molecule has 0 aliphatic carbocycles. The molecule has 0 aliphatic rings. The molecule has 5 nitrogen and oxygen atoms in total. The van der Waals surface area contributed by atoms with E-state index in [1.165, 1.54) is 11.3 Å². The highest BCUT2D eigenvalue weighted by Crippen LogP contribution is 2.28. The van der Waals surface area contributed by atoms with Crippen LogP contribution in [0.25, 0.3) is 10.2 Å². The number of aryl methyl sites for hydroxylation is 2. The molecule has 0 saturated carbocycles. The van der Waals surface area contributed by atoms with E-state index in [-0.39, 0.29) is 5.91 Å². The Kier molecular flexibility index (Phi) is 3.77. The lowest BCUT2D eigenvalue weighted by Crippen LogP contribution is -2.17. The number of hydrogen-bond acceptors (Lipinski definition) is 4. The van der Waals surface area contributed by atoms with Gasteiger partial charge in [-0.2, -0.15) is 5.10 Å². The van der Waals surface area contributed by atoms with Crippen molar-refractivity contribution in [3.63, 3.8) is 0 Å². The van der Waals surface area contributed by atoms with E-state index in [2.05, 4.69) is 31.3 Å². The highest BCUT2D eigenvalue weighted by molar-refractivity contribution is 9.10. The van der Waals surface area contributed by atoms with Crippen LogP contribution >= 0.6 is 27.3 Å². The average molecular weight is 365 g/mol. The van der Waals surface area contributed by atoms with Gasteiger partial charge < -0.3 is 0 Å². The molecule has 0 saturated heterocycles. The highest BCUT2D eigenvalue weighted by Gasteiger charge is 2.15. The van der Waals surface area contributed by atoms with Gasteiger partial charge in [0.05, 0.1) is 15.9 Å². The minimum Gasteiger partial charge on any atom is -0.296 e. The number of thiazole rings is 1. The van der Waals surface area contributed by atoms with Crippen molar-refractivity contribution in [2.45, 2.75) is 20.4 Å². The molecule has 21 heavy (non-hydrogen) atoms. The SMILES string of the molecule is CCn1nc(C)cc1C(=O)Nc1nc2ccc(Br)cc2s1. The van der Waals surface area contributed by atoms with E-state index in [1.807, 2.05) is 32.0 Å². The summed E-state index contributed by atoms with van der Waals surface area (Å²) >= 11 is 4.88. The molecule has 7 heteroatoms. The topological polar surface area (TPSA) is 59.8 Å². The van der Waals surface area contributed by atoms with E-state index < -0.39 is 0 Å². The van der Waals surface area contributed by atoms with Crippen molar-refractivity contribution in [3.05, 3.63) is 40.1 Å². The van der Waals surface area contributed by atoms with Crippen molar-refractivity contribution in [1.29, 1.82) is 0 Å². The predicted octanol–water partition coefficient (Wildman–Crippen LogP) is 3.84. The van der Waals surface area contributed by atoms with Crippen LogP contribution in [0.4, 0.5) is 5.13 Å². The number of hydrogen-bond donors (Lipinski definition) is 1. The average Bonchev–Trinajstić information content (AvgIpc) is 3.00. The fourth-order valence-corrected chi connectivity index (χ4v) is 3.50. The Morgan fingerprint density at radius 3 is 3.00 bits per heavy atom. The van der Waals surface area contributed by atoms with Gasteiger partial charge in [0.1, 0.15) is 5.69 Å². The summed E-state index contributed by atoms with van der Waals surface area (Å²) in [4.78, 5) is 16.8. The summed E-state index contributed by atoms with van der Waals surface area (Å²) in [5.41, 5.74) is 2.25. The van der Waals surface area contributed by atoms with Crippen molar-refractivity contribution < 1.29 is 4.79 Å². The van der Waals surface area contributed by atoms with Crippen LogP contribution in [0, 0.1) is 6.92 Å². The number of aromatic nitrogens is 3. The lowest BCUT2D eigenvalue weighted by atomic mass is 10.3. The lowest BCUT2D eigenvalue weighted by molar-refractivity contribution is 0.101. The van der Waals surface area contributed by atoms with Gasteiger partial charge in [0.15, 0.2) is 5.13 Å². The Bertz CT molecular complexity index is 824. The van der Waals surface area contributed by atoms with Crippen LogP contribution in [0.3, 0.4) is 0 Å². The maximum Gasteiger partial charge on any atom is 0.275 e. The van der Waals surface area contributed by atoms with Gasteiger partial charge in [0.25, 0.3) is 5.91 Å². The Hall–Kier alpha value is -1.73. The van der Waals surface area contributed by atoms with Gasteiger partial charge in [-0.3, -0.25) is 14.8 Å². The molecule has 0 radical (unpaired) electrons. The van der Waals surface area contributed by atoms with E-state index in [4.69, 9.17) is 0 Å². The molecule has 2 heterocycles. The summed E-state index contributed by atoms with van der Waals surface area (Å²) in [7, 11) is 0. The van der Waals surface area contributed by atoms with Crippen molar-refractivity contribution in [2.75, 3.05) is 5.32 Å². The Balaban J connectivity index is 1.88. The van der Waals surface area contributed by atoms with Crippen molar-refractivity contribution in [3.8, 4) is 0 Å². The first kappa shape index (κ1) is 14.2. The van der Waals surface area contributed by atoms with Crippen LogP contribution in [-0.2, 0) is 6.54 Å². The molecule has 108 valence electrons. The molecule has 0 atom stereocenters. The fraction of sp³-hybridized carbons (Fsp3) is 0.214. The number of amides is 1. The molecule has 0 fully saturated rings. The van der Waals surface area contributed by atoms with Gasteiger partial charge in [-0.25, -0.2) is 4.98 Å². The number of halogens is 1. The van der Waals surface area contributed by atoms with Gasteiger partial charge in [-0.1, -0.05) is 27.3 Å². The number of benzene rings is 1. The lowest BCUT2D eigenvalue weighted by Gasteiger charge is -2.03. The zero-order valence-electron chi connectivity index (χ0n) is 11.6. The molecule has 0 unspecified atom stereocenters. The smallest absolute Gasteiger partial charge is 0.275 e. The Labute approximate surface area is 134 Å². The summed E-state index contributed by atoms with van der Waals surface area (Å²) in [6.45, 7) is 4.49. The first-order valence-corrected chi connectivity index (χ1v) is 8.09. The van der Waals surface area contributed by atoms with Gasteiger partial charge in [0, 0.05) is 11.0 Å². The summed E-state index contributed by atoms with van der Waals surface area (Å²) in [6.07, 6.45) is 0. The van der Waals surface area contributed by atoms with Crippen LogP contribution in [0.2, 0.25) is 0 Å². The summed E-state index contributed by atoms with van der Waals surface area (Å²) in [6, 6.07) is 7.63. The first-order valence-electron chi connectivity index (χ1n) is 6.48. The number of anilines is 1. The number of rotatable bonds is 3. The van der Waals surface area contributed by atoms with E-state index in [0.29, 0.717) is 17.4 Å². The zero-order valence-corrected chi connectivity index (χ0v) is 14.0. The van der Waals surface area contributed by atoms with E-state index in [9.17, 15) is 4.79 Å². The first-order chi connectivity index (χ1) is 10.1. The molecule has 0 spiro atoms. The highest BCUT2D eigenvalue weighted by atomic mass is 79.9. The molecule has 3 rings (SSSR count). The molecule has 1 amide bonds. The third kappa shape index (κ3) is 2.84. The zero-order chi connectivity index (χ0) is 15.0. The van der Waals surface area contributed by atoms with E-state index in [1.54, 1.807) is 10.7 Å². The molecule has 2 aromatic heterocycles. The van der Waals surface area contributed by atoms with E-state index >= 15 is 0 Å². The van der Waals surface area contributed by atoms with Crippen LogP contribution in [0.15, 0.2) is 28.7 Å². The number of carbonyl (C=O) groups is 1. The summed E-state index contributed by atoms with van der Waals surface area (Å²) in [5.74, 6) is -0.185. The second-order valence-electron chi connectivity index (χ2n) is 4.57. The third-order valence-electron chi connectivity index (χ3n) is 3.01. The van der Waals surface area contributed by atoms with Crippen LogP contribution < -0.4 is 5.32 Å². The summed E-state index contributed by atoms with van der Waals surface area (Å²) < 4.78 is 3.71. The van der Waals surface area contributed by atoms with Gasteiger partial charge >= 0.3 is 0 Å². The van der Waals surface area contributed by atoms with Crippen molar-refractivity contribution >= 4 is 48.5 Å². The predicted molar refractivity (Wildman–Crippen MR) is 87.9 cm³/mol. The van der Waals surface area contributed by atoms with E-state index in [0.717, 1.165) is 20.4 Å². The molecule has 1 aromatic carbocycles. The number of carbonyl (C=O) groups excluding carboxylic acids is 1. The van der Waals surface area contributed by atoms with Gasteiger partial charge in [-0.05, 0) is 38.1 Å². The maximum atomic E-state index is 12.3. The van der Waals surface area contributed by atoms with Crippen molar-refractivity contribution in [1.82, 2.24) is 14.8 Å². The van der Waals surface area contributed by atoms with Crippen LogP contribution in [-0.4, -0.2) is 20.7 Å². The quantitative estimate of drug-likeness (QED) is 0.767. The number of nitrogens with zero attached hydrogens (tertiary/aromatic N) is 3. The molecule has 1 N–H and O–H groups in total. The van der Waals surface area contributed by atoms with Gasteiger partial charge in [0.2, 0.25) is 0 Å². The minimum atomic E-state index is -0.185. The van der Waals surface area contributed by atoms with Gasteiger partial charge in [-0.15, -0.1) is 0 Å². The standard InChI is InChI=1S/C14H13BrN4OS/c1-3-19-11(6-8(2)18-19)13(20)17-14-16-10-5-4-9(15)7-12(10)21-14/h4-7H,3H2,1-2H3,(H,16,17,20). The third-order valence-corrected chi connectivity index (χ3v) is 4.43. The number of fused-ring (bicyclic) bond motifs is 1. The molecular weight excluding hydrogens is 352 g/mol. The monoisotopic (exact) mass is 364 g/mol. The number of nitrogens with one attached hydrogen (secondary N) is 1. The molecular formula is C14H13BrN4OS. The summed E-state index contributed by atoms with van der Waals surface area (Å²) in [5, 5.41) is 7.72. The maximum absolute atomic E-state index is 12.3. The van der Waals surface area contributed by atoms with Crippen LogP contribution in [0.5, 0.6) is 0 Å². The molecule has 0 aliphatic heterocycles. The minimum absolute atomic E-state index is 0.185. The Morgan fingerprint density at radius 2 is 2.24 bits per heavy atom. The van der Waals surface area contributed by atoms with Crippen molar-refractivity contribution in [2.24, 2.45) is 0 Å². The molecule has 3 aromatic rings. The second kappa shape index (κ2) is 5.57. The normalized spacial score (nSPS) is 11.0.